The Morgan fingerprint density at radius 1 is 1.16 bits per heavy atom. The average molecular weight is 432 g/mol. The number of nitrogens with zero attached hydrogens (tertiary/aromatic N) is 3. The van der Waals surface area contributed by atoms with E-state index in [-0.39, 0.29) is 12.0 Å². The van der Waals surface area contributed by atoms with Gasteiger partial charge in [-0.3, -0.25) is 14.7 Å². The largest absolute Gasteiger partial charge is 0.469 e. The molecule has 2 aliphatic heterocycles. The summed E-state index contributed by atoms with van der Waals surface area (Å²) in [6, 6.07) is 4.16. The van der Waals surface area contributed by atoms with Gasteiger partial charge < -0.3 is 24.7 Å². The first-order chi connectivity index (χ1) is 15.3. The number of amides is 1. The summed E-state index contributed by atoms with van der Waals surface area (Å²) in [5.74, 6) is 2.42. The zero-order valence-corrected chi connectivity index (χ0v) is 18.6. The molecule has 8 heteroatoms. The summed E-state index contributed by atoms with van der Waals surface area (Å²) in [5.41, 5.74) is 0. The first-order valence-corrected chi connectivity index (χ1v) is 11.9. The highest BCUT2D eigenvalue weighted by atomic mass is 16.5. The number of nitrogens with one attached hydrogen (secondary N) is 2. The number of likely N-dealkylation sites (tertiary alicyclic amines) is 1. The molecule has 1 atom stereocenters. The minimum atomic E-state index is 0.253. The Bertz CT molecular complexity index is 696. The van der Waals surface area contributed by atoms with Crippen LogP contribution in [-0.4, -0.2) is 86.7 Å². The normalized spacial score (nSPS) is 23.4. The van der Waals surface area contributed by atoms with Crippen molar-refractivity contribution in [3.63, 3.8) is 0 Å². The number of rotatable bonds is 8. The van der Waals surface area contributed by atoms with Crippen molar-refractivity contribution in [3.05, 3.63) is 24.2 Å². The van der Waals surface area contributed by atoms with Gasteiger partial charge in [-0.15, -0.1) is 0 Å². The molecule has 3 aliphatic rings. The van der Waals surface area contributed by atoms with E-state index in [0.717, 1.165) is 96.4 Å². The van der Waals surface area contributed by atoms with E-state index in [1.165, 1.54) is 12.8 Å². The molecule has 8 nitrogen and oxygen atoms in total. The van der Waals surface area contributed by atoms with Crippen molar-refractivity contribution in [2.45, 2.75) is 44.6 Å². The summed E-state index contributed by atoms with van der Waals surface area (Å²) in [4.78, 5) is 22.0. The van der Waals surface area contributed by atoms with Crippen molar-refractivity contribution in [1.29, 1.82) is 0 Å². The Morgan fingerprint density at radius 3 is 2.77 bits per heavy atom. The molecule has 2 N–H and O–H groups in total. The third kappa shape index (κ3) is 6.71. The molecular formula is C23H37N5O3. The molecule has 1 aromatic heterocycles. The highest BCUT2D eigenvalue weighted by Crippen LogP contribution is 2.27. The molecule has 1 aliphatic carbocycles. The SMILES string of the molecule is O=C(C1CCCC1)N1CCC(NC(=NCCN2CCOCC2)NCCc2ccco2)C1. The predicted molar refractivity (Wildman–Crippen MR) is 120 cm³/mol. The molecule has 0 radical (unpaired) electrons. The summed E-state index contributed by atoms with van der Waals surface area (Å²) >= 11 is 0. The Hall–Kier alpha value is -2.06. The van der Waals surface area contributed by atoms with Crippen LogP contribution in [0.15, 0.2) is 27.8 Å². The van der Waals surface area contributed by atoms with Gasteiger partial charge in [-0.05, 0) is 31.4 Å². The number of hydrogen-bond donors (Lipinski definition) is 2. The van der Waals surface area contributed by atoms with Gasteiger partial charge in [0.15, 0.2) is 5.96 Å². The van der Waals surface area contributed by atoms with Crippen LogP contribution in [0.5, 0.6) is 0 Å². The summed E-state index contributed by atoms with van der Waals surface area (Å²) in [7, 11) is 0. The van der Waals surface area contributed by atoms with E-state index in [1.54, 1.807) is 6.26 Å². The fraction of sp³-hybridized carbons (Fsp3) is 0.739. The molecule has 3 fully saturated rings. The predicted octanol–water partition coefficient (Wildman–Crippen LogP) is 1.48. The smallest absolute Gasteiger partial charge is 0.225 e. The fourth-order valence-electron chi connectivity index (χ4n) is 4.74. The number of ether oxygens (including phenoxy) is 1. The van der Waals surface area contributed by atoms with Gasteiger partial charge in [0.25, 0.3) is 0 Å². The summed E-state index contributed by atoms with van der Waals surface area (Å²) in [6.07, 6.45) is 8.03. The first kappa shape index (κ1) is 22.1. The maximum absolute atomic E-state index is 12.8. The van der Waals surface area contributed by atoms with Gasteiger partial charge in [-0.1, -0.05) is 12.8 Å². The lowest BCUT2D eigenvalue weighted by Gasteiger charge is -2.26. The highest BCUT2D eigenvalue weighted by Gasteiger charge is 2.32. The number of guanidine groups is 1. The second-order valence-electron chi connectivity index (χ2n) is 8.84. The number of hydrogen-bond acceptors (Lipinski definition) is 5. The van der Waals surface area contributed by atoms with Gasteiger partial charge in [0.2, 0.25) is 5.91 Å². The van der Waals surface area contributed by atoms with E-state index in [0.29, 0.717) is 5.91 Å². The van der Waals surface area contributed by atoms with Crippen LogP contribution >= 0.6 is 0 Å². The van der Waals surface area contributed by atoms with Crippen LogP contribution in [0.25, 0.3) is 0 Å². The minimum absolute atomic E-state index is 0.253. The second kappa shape index (κ2) is 11.5. The van der Waals surface area contributed by atoms with Crippen molar-refractivity contribution >= 4 is 11.9 Å². The third-order valence-electron chi connectivity index (χ3n) is 6.58. The van der Waals surface area contributed by atoms with Crippen LogP contribution in [0.4, 0.5) is 0 Å². The molecule has 0 spiro atoms. The lowest BCUT2D eigenvalue weighted by Crippen LogP contribution is -2.46. The Balaban J connectivity index is 1.27. The third-order valence-corrected chi connectivity index (χ3v) is 6.58. The zero-order chi connectivity index (χ0) is 21.3. The van der Waals surface area contributed by atoms with Crippen molar-refractivity contribution in [3.8, 4) is 0 Å². The van der Waals surface area contributed by atoms with E-state index in [9.17, 15) is 4.79 Å². The molecule has 172 valence electrons. The Kier molecular flexibility index (Phi) is 8.24. The molecule has 31 heavy (non-hydrogen) atoms. The van der Waals surface area contributed by atoms with Crippen LogP contribution in [-0.2, 0) is 16.0 Å². The van der Waals surface area contributed by atoms with Gasteiger partial charge in [0.05, 0.1) is 26.0 Å². The molecule has 1 amide bonds. The number of carbonyl (C=O) groups excluding carboxylic acids is 1. The highest BCUT2D eigenvalue weighted by molar-refractivity contribution is 5.81. The van der Waals surface area contributed by atoms with Crippen molar-refractivity contribution < 1.29 is 13.9 Å². The zero-order valence-electron chi connectivity index (χ0n) is 18.6. The van der Waals surface area contributed by atoms with E-state index >= 15 is 0 Å². The molecule has 3 heterocycles. The summed E-state index contributed by atoms with van der Waals surface area (Å²) in [6.45, 7) is 7.63. The second-order valence-corrected chi connectivity index (χ2v) is 8.84. The van der Waals surface area contributed by atoms with E-state index in [4.69, 9.17) is 14.1 Å². The maximum Gasteiger partial charge on any atom is 0.225 e. The number of morpholine rings is 1. The molecule has 1 unspecified atom stereocenters. The molecular weight excluding hydrogens is 394 g/mol. The lowest BCUT2D eigenvalue weighted by molar-refractivity contribution is -0.134. The molecule has 2 saturated heterocycles. The molecule has 0 bridgehead atoms. The van der Waals surface area contributed by atoms with Crippen LogP contribution in [0.3, 0.4) is 0 Å². The van der Waals surface area contributed by atoms with Gasteiger partial charge in [-0.2, -0.15) is 0 Å². The number of furan rings is 1. The standard InChI is InChI=1S/C23H37N5O3/c29-22(19-4-1-2-5-19)28-11-8-20(18-28)26-23(24-9-7-21-6-3-15-31-21)25-10-12-27-13-16-30-17-14-27/h3,6,15,19-20H,1-2,4-5,7-14,16-18H2,(H2,24,25,26). The van der Waals surface area contributed by atoms with Crippen LogP contribution in [0.2, 0.25) is 0 Å². The van der Waals surface area contributed by atoms with Crippen LogP contribution in [0, 0.1) is 5.92 Å². The minimum Gasteiger partial charge on any atom is -0.469 e. The Morgan fingerprint density at radius 2 is 2.00 bits per heavy atom. The van der Waals surface area contributed by atoms with E-state index < -0.39 is 0 Å². The topological polar surface area (TPSA) is 82.3 Å². The molecule has 1 saturated carbocycles. The van der Waals surface area contributed by atoms with Crippen molar-refractivity contribution in [2.75, 3.05) is 59.0 Å². The monoisotopic (exact) mass is 431 g/mol. The van der Waals surface area contributed by atoms with Gasteiger partial charge in [0, 0.05) is 57.6 Å². The molecule has 1 aromatic rings. The van der Waals surface area contributed by atoms with Gasteiger partial charge in [-0.25, -0.2) is 0 Å². The van der Waals surface area contributed by atoms with Gasteiger partial charge in [0.1, 0.15) is 5.76 Å². The van der Waals surface area contributed by atoms with Crippen molar-refractivity contribution in [1.82, 2.24) is 20.4 Å². The summed E-state index contributed by atoms with van der Waals surface area (Å²) < 4.78 is 10.9. The van der Waals surface area contributed by atoms with E-state index in [2.05, 4.69) is 20.4 Å². The fourth-order valence-corrected chi connectivity index (χ4v) is 4.74. The lowest BCUT2D eigenvalue weighted by atomic mass is 10.1. The summed E-state index contributed by atoms with van der Waals surface area (Å²) in [5, 5.41) is 7.03. The van der Waals surface area contributed by atoms with Gasteiger partial charge >= 0.3 is 0 Å². The Labute approximate surface area is 185 Å². The van der Waals surface area contributed by atoms with E-state index in [1.807, 2.05) is 12.1 Å². The molecule has 0 aromatic carbocycles. The maximum atomic E-state index is 12.8. The van der Waals surface area contributed by atoms with Crippen LogP contribution in [0.1, 0.15) is 37.9 Å². The first-order valence-electron chi connectivity index (χ1n) is 11.9. The quantitative estimate of drug-likeness (QED) is 0.479. The average Bonchev–Trinajstić information content (AvgIpc) is 3.57. The number of aliphatic imine (C=N–C) groups is 1. The van der Waals surface area contributed by atoms with Crippen molar-refractivity contribution in [2.24, 2.45) is 10.9 Å². The molecule has 4 rings (SSSR count). The number of carbonyl (C=O) groups is 1. The van der Waals surface area contributed by atoms with Crippen LogP contribution < -0.4 is 10.6 Å².